The number of rotatable bonds is 5. The second kappa shape index (κ2) is 8.50. The summed E-state index contributed by atoms with van der Waals surface area (Å²) in [6, 6.07) is 40.5. The Morgan fingerprint density at radius 2 is 1.29 bits per heavy atom. The van der Waals surface area contributed by atoms with Gasteiger partial charge in [-0.1, -0.05) is 66.7 Å². The molecule has 0 atom stereocenters. The van der Waals surface area contributed by atoms with Gasteiger partial charge in [0.25, 0.3) is 0 Å². The van der Waals surface area contributed by atoms with E-state index in [1.165, 1.54) is 21.8 Å². The Morgan fingerprint density at radius 3 is 2.09 bits per heavy atom. The van der Waals surface area contributed by atoms with Crippen LogP contribution in [0.15, 0.2) is 121 Å². The third-order valence-electron chi connectivity index (χ3n) is 6.34. The second-order valence-electron chi connectivity index (χ2n) is 8.47. The van der Waals surface area contributed by atoms with Crippen LogP contribution in [0.5, 0.6) is 0 Å². The van der Waals surface area contributed by atoms with Crippen molar-refractivity contribution in [3.05, 3.63) is 127 Å². The quantitative estimate of drug-likeness (QED) is 0.278. The number of para-hydroxylation sites is 3. The number of aromatic nitrogens is 1. The molecule has 2 N–H and O–H groups in total. The van der Waals surface area contributed by atoms with E-state index < -0.39 is 5.97 Å². The zero-order valence-electron chi connectivity index (χ0n) is 18.8. The predicted molar refractivity (Wildman–Crippen MR) is 143 cm³/mol. The van der Waals surface area contributed by atoms with E-state index in [9.17, 15) is 9.90 Å². The molecule has 5 aromatic carbocycles. The number of anilines is 2. The van der Waals surface area contributed by atoms with Gasteiger partial charge in [0, 0.05) is 22.1 Å². The molecular weight excluding hydrogens is 432 g/mol. The summed E-state index contributed by atoms with van der Waals surface area (Å²) >= 11 is 0. The number of carboxylic acid groups (broad SMARTS) is 1. The molecule has 0 saturated carbocycles. The first-order valence-corrected chi connectivity index (χ1v) is 11.5. The van der Waals surface area contributed by atoms with Gasteiger partial charge in [-0.3, -0.25) is 0 Å². The maximum absolute atomic E-state index is 11.5. The predicted octanol–water partition coefficient (Wildman–Crippen LogP) is 7.89. The van der Waals surface area contributed by atoms with E-state index in [1.54, 1.807) is 18.2 Å². The molecule has 0 aliphatic carbocycles. The first-order chi connectivity index (χ1) is 17.2. The van der Waals surface area contributed by atoms with Crippen LogP contribution in [0, 0.1) is 0 Å². The zero-order valence-corrected chi connectivity index (χ0v) is 18.8. The standard InChI is InChI=1S/C31H22N2O2/c34-31(35)26-11-4-6-12-28(26)32-23-17-14-21(15-18-23)22-16-19-30-27(20-22)25-10-5-7-13-29(25)33(30)24-8-2-1-3-9-24/h1-20,32H,(H,34,35). The molecule has 0 amide bonds. The van der Waals surface area contributed by atoms with Gasteiger partial charge in [-0.15, -0.1) is 0 Å². The van der Waals surface area contributed by atoms with E-state index in [0.717, 1.165) is 22.5 Å². The van der Waals surface area contributed by atoms with Gasteiger partial charge in [-0.25, -0.2) is 4.79 Å². The molecule has 0 unspecified atom stereocenters. The summed E-state index contributed by atoms with van der Waals surface area (Å²) in [5, 5.41) is 15.1. The number of fused-ring (bicyclic) bond motifs is 3. The Bertz CT molecular complexity index is 1680. The maximum Gasteiger partial charge on any atom is 0.337 e. The van der Waals surface area contributed by atoms with Gasteiger partial charge in [-0.2, -0.15) is 0 Å². The lowest BCUT2D eigenvalue weighted by Crippen LogP contribution is -2.02. The lowest BCUT2D eigenvalue weighted by atomic mass is 10.0. The van der Waals surface area contributed by atoms with E-state index in [-0.39, 0.29) is 5.56 Å². The average Bonchev–Trinajstić information content (AvgIpc) is 3.23. The van der Waals surface area contributed by atoms with Gasteiger partial charge < -0.3 is 15.0 Å². The summed E-state index contributed by atoms with van der Waals surface area (Å²) < 4.78 is 2.31. The largest absolute Gasteiger partial charge is 0.478 e. The summed E-state index contributed by atoms with van der Waals surface area (Å²) in [6.07, 6.45) is 0. The van der Waals surface area contributed by atoms with Crippen molar-refractivity contribution in [3.63, 3.8) is 0 Å². The fourth-order valence-electron chi connectivity index (χ4n) is 4.69. The first kappa shape index (κ1) is 20.8. The first-order valence-electron chi connectivity index (χ1n) is 11.5. The fraction of sp³-hybridized carbons (Fsp3) is 0. The van der Waals surface area contributed by atoms with E-state index >= 15 is 0 Å². The normalized spacial score (nSPS) is 11.1. The van der Waals surface area contributed by atoms with Crippen LogP contribution in [0.1, 0.15) is 10.4 Å². The molecule has 1 aromatic heterocycles. The highest BCUT2D eigenvalue weighted by atomic mass is 16.4. The minimum Gasteiger partial charge on any atom is -0.478 e. The molecular formula is C31H22N2O2. The zero-order chi connectivity index (χ0) is 23.8. The van der Waals surface area contributed by atoms with Crippen LogP contribution in [0.2, 0.25) is 0 Å². The van der Waals surface area contributed by atoms with Crippen LogP contribution in [0.25, 0.3) is 38.6 Å². The summed E-state index contributed by atoms with van der Waals surface area (Å²) in [7, 11) is 0. The number of hydrogen-bond donors (Lipinski definition) is 2. The molecule has 4 nitrogen and oxygen atoms in total. The van der Waals surface area contributed by atoms with Crippen molar-refractivity contribution in [2.45, 2.75) is 0 Å². The number of nitrogens with zero attached hydrogens (tertiary/aromatic N) is 1. The third-order valence-corrected chi connectivity index (χ3v) is 6.34. The molecule has 0 bridgehead atoms. The Labute approximate surface area is 202 Å². The van der Waals surface area contributed by atoms with Gasteiger partial charge in [0.2, 0.25) is 0 Å². The van der Waals surface area contributed by atoms with Crippen molar-refractivity contribution in [1.82, 2.24) is 4.57 Å². The lowest BCUT2D eigenvalue weighted by Gasteiger charge is -2.11. The van der Waals surface area contributed by atoms with E-state index in [1.807, 2.05) is 24.3 Å². The lowest BCUT2D eigenvalue weighted by molar-refractivity contribution is 0.0698. The molecule has 0 fully saturated rings. The smallest absolute Gasteiger partial charge is 0.337 e. The van der Waals surface area contributed by atoms with Crippen LogP contribution in [0.3, 0.4) is 0 Å². The number of nitrogens with one attached hydrogen (secondary N) is 1. The van der Waals surface area contributed by atoms with Crippen molar-refractivity contribution in [2.75, 3.05) is 5.32 Å². The third kappa shape index (κ3) is 3.71. The van der Waals surface area contributed by atoms with Crippen LogP contribution in [-0.4, -0.2) is 15.6 Å². The van der Waals surface area contributed by atoms with E-state index in [2.05, 4.69) is 88.7 Å². The van der Waals surface area contributed by atoms with Gasteiger partial charge in [-0.05, 0) is 65.7 Å². The monoisotopic (exact) mass is 454 g/mol. The summed E-state index contributed by atoms with van der Waals surface area (Å²) in [4.78, 5) is 11.5. The van der Waals surface area contributed by atoms with Crippen LogP contribution >= 0.6 is 0 Å². The highest BCUT2D eigenvalue weighted by molar-refractivity contribution is 6.10. The average molecular weight is 455 g/mol. The van der Waals surface area contributed by atoms with Gasteiger partial charge in [0.1, 0.15) is 0 Å². The van der Waals surface area contributed by atoms with Crippen molar-refractivity contribution < 1.29 is 9.90 Å². The maximum atomic E-state index is 11.5. The molecule has 0 aliphatic rings. The van der Waals surface area contributed by atoms with Gasteiger partial charge in [0.15, 0.2) is 0 Å². The van der Waals surface area contributed by atoms with Crippen molar-refractivity contribution in [2.24, 2.45) is 0 Å². The Hall–Kier alpha value is -4.83. The number of hydrogen-bond acceptors (Lipinski definition) is 2. The Balaban J connectivity index is 1.39. The summed E-state index contributed by atoms with van der Waals surface area (Å²) in [5.41, 5.74) is 7.38. The number of carboxylic acids is 1. The second-order valence-corrected chi connectivity index (χ2v) is 8.47. The van der Waals surface area contributed by atoms with Crippen LogP contribution in [0.4, 0.5) is 11.4 Å². The minimum absolute atomic E-state index is 0.247. The van der Waals surface area contributed by atoms with Crippen molar-refractivity contribution in [1.29, 1.82) is 0 Å². The van der Waals surface area contributed by atoms with Crippen LogP contribution < -0.4 is 5.32 Å². The Kier molecular flexibility index (Phi) is 5.04. The fourth-order valence-corrected chi connectivity index (χ4v) is 4.69. The number of aromatic carboxylic acids is 1. The molecule has 0 saturated heterocycles. The van der Waals surface area contributed by atoms with Gasteiger partial charge >= 0.3 is 5.97 Å². The highest BCUT2D eigenvalue weighted by Crippen LogP contribution is 2.35. The number of benzene rings is 5. The van der Waals surface area contributed by atoms with Crippen molar-refractivity contribution >= 4 is 39.1 Å². The van der Waals surface area contributed by atoms with E-state index in [4.69, 9.17) is 0 Å². The molecule has 0 spiro atoms. The molecule has 0 radical (unpaired) electrons. The summed E-state index contributed by atoms with van der Waals surface area (Å²) in [5.74, 6) is -0.951. The molecule has 35 heavy (non-hydrogen) atoms. The van der Waals surface area contributed by atoms with Gasteiger partial charge in [0.05, 0.1) is 22.3 Å². The van der Waals surface area contributed by atoms with E-state index in [0.29, 0.717) is 5.69 Å². The molecule has 1 heterocycles. The molecule has 6 aromatic rings. The topological polar surface area (TPSA) is 54.3 Å². The molecule has 4 heteroatoms. The Morgan fingerprint density at radius 1 is 0.629 bits per heavy atom. The van der Waals surface area contributed by atoms with Crippen LogP contribution in [-0.2, 0) is 0 Å². The summed E-state index contributed by atoms with van der Waals surface area (Å²) in [6.45, 7) is 0. The number of carbonyl (C=O) groups is 1. The molecule has 6 rings (SSSR count). The molecule has 0 aliphatic heterocycles. The highest BCUT2D eigenvalue weighted by Gasteiger charge is 2.13. The van der Waals surface area contributed by atoms with Crippen molar-refractivity contribution in [3.8, 4) is 16.8 Å². The molecule has 168 valence electrons. The minimum atomic E-state index is -0.951. The SMILES string of the molecule is O=C(O)c1ccccc1Nc1ccc(-c2ccc3c(c2)c2ccccc2n3-c2ccccc2)cc1.